The van der Waals surface area contributed by atoms with Crippen LogP contribution < -0.4 is 5.32 Å². The molecule has 0 fully saturated rings. The molecule has 2 amide bonds. The molecule has 36 heavy (non-hydrogen) atoms. The van der Waals surface area contributed by atoms with Crippen LogP contribution in [0, 0.1) is 0 Å². The van der Waals surface area contributed by atoms with E-state index in [-0.39, 0.29) is 36.2 Å². The van der Waals surface area contributed by atoms with Gasteiger partial charge in [0, 0.05) is 18.2 Å². The monoisotopic (exact) mass is 496 g/mol. The maximum atomic E-state index is 13.8. The lowest BCUT2D eigenvalue weighted by atomic mass is 9.78. The number of carbonyl (C=O) groups excluding carboxylic acids is 2. The van der Waals surface area contributed by atoms with Crippen LogP contribution in [-0.4, -0.2) is 27.9 Å². The van der Waals surface area contributed by atoms with Crippen molar-refractivity contribution < 1.29 is 27.9 Å². The molecular formula is C28H27F3N2O3. The maximum absolute atomic E-state index is 13.8. The van der Waals surface area contributed by atoms with Crippen molar-refractivity contribution in [2.24, 2.45) is 0 Å². The molecule has 0 bridgehead atoms. The van der Waals surface area contributed by atoms with Crippen LogP contribution in [0.15, 0.2) is 72.8 Å². The number of carbonyl (C=O) groups is 2. The Hall–Kier alpha value is -3.65. The number of halogens is 3. The van der Waals surface area contributed by atoms with Gasteiger partial charge in [-0.25, -0.2) is 0 Å². The number of amides is 2. The van der Waals surface area contributed by atoms with Crippen molar-refractivity contribution in [1.82, 2.24) is 10.2 Å². The Bertz CT molecular complexity index is 1260. The summed E-state index contributed by atoms with van der Waals surface area (Å²) in [5.74, 6) is -1.62. The molecule has 0 saturated carbocycles. The number of rotatable bonds is 6. The second kappa shape index (κ2) is 10.1. The largest absolute Gasteiger partial charge is 0.416 e. The van der Waals surface area contributed by atoms with E-state index in [9.17, 15) is 27.9 Å². The number of nitrogens with one attached hydrogen (secondary N) is 1. The highest BCUT2D eigenvalue weighted by Gasteiger charge is 2.45. The Labute approximate surface area is 207 Å². The van der Waals surface area contributed by atoms with E-state index in [4.69, 9.17) is 0 Å². The fourth-order valence-corrected chi connectivity index (χ4v) is 4.73. The normalized spacial score (nSPS) is 17.8. The summed E-state index contributed by atoms with van der Waals surface area (Å²) in [6.07, 6.45) is -4.60. The first-order valence-electron chi connectivity index (χ1n) is 11.7. The first kappa shape index (κ1) is 25.4. The topological polar surface area (TPSA) is 69.6 Å². The highest BCUT2D eigenvalue weighted by Crippen LogP contribution is 2.44. The van der Waals surface area contributed by atoms with Gasteiger partial charge in [0.05, 0.1) is 24.1 Å². The zero-order valence-corrected chi connectivity index (χ0v) is 19.9. The predicted octanol–water partition coefficient (Wildman–Crippen LogP) is 5.20. The smallest absolute Gasteiger partial charge is 0.392 e. The molecule has 0 aliphatic carbocycles. The van der Waals surface area contributed by atoms with E-state index < -0.39 is 29.6 Å². The Kier molecular flexibility index (Phi) is 7.17. The molecule has 4 rings (SSSR count). The quantitative estimate of drug-likeness (QED) is 0.493. The highest BCUT2D eigenvalue weighted by atomic mass is 19.4. The molecule has 1 aliphatic rings. The summed E-state index contributed by atoms with van der Waals surface area (Å²) in [6, 6.07) is 17.6. The van der Waals surface area contributed by atoms with Gasteiger partial charge < -0.3 is 15.3 Å². The molecule has 2 atom stereocenters. The minimum atomic E-state index is -4.60. The third kappa shape index (κ3) is 4.99. The van der Waals surface area contributed by atoms with E-state index in [1.807, 2.05) is 13.8 Å². The van der Waals surface area contributed by atoms with Gasteiger partial charge >= 0.3 is 6.18 Å². The number of hydrogen-bond donors (Lipinski definition) is 2. The fraction of sp³-hybridized carbons (Fsp3) is 0.286. The van der Waals surface area contributed by atoms with Gasteiger partial charge in [-0.2, -0.15) is 13.2 Å². The van der Waals surface area contributed by atoms with Gasteiger partial charge in [-0.1, -0.05) is 60.7 Å². The second-order valence-corrected chi connectivity index (χ2v) is 9.16. The van der Waals surface area contributed by atoms with Crippen molar-refractivity contribution >= 4 is 11.8 Å². The van der Waals surface area contributed by atoms with Crippen LogP contribution in [0.5, 0.6) is 0 Å². The summed E-state index contributed by atoms with van der Waals surface area (Å²) in [4.78, 5) is 28.6. The molecule has 0 saturated heterocycles. The van der Waals surface area contributed by atoms with Crippen LogP contribution in [0.4, 0.5) is 13.2 Å². The van der Waals surface area contributed by atoms with Crippen molar-refractivity contribution in [2.75, 3.05) is 0 Å². The number of alkyl halides is 3. The molecular weight excluding hydrogens is 469 g/mol. The summed E-state index contributed by atoms with van der Waals surface area (Å²) in [6.45, 7) is 3.12. The number of nitrogens with zero attached hydrogens (tertiary/aromatic N) is 1. The summed E-state index contributed by atoms with van der Waals surface area (Å²) in [5.41, 5.74) is 1.15. The molecule has 2 N–H and O–H groups in total. The Morgan fingerprint density at radius 3 is 2.28 bits per heavy atom. The lowest BCUT2D eigenvalue weighted by molar-refractivity contribution is -0.138. The van der Waals surface area contributed by atoms with Gasteiger partial charge in [-0.3, -0.25) is 9.59 Å². The molecule has 1 heterocycles. The Morgan fingerprint density at radius 1 is 1.00 bits per heavy atom. The minimum absolute atomic E-state index is 0.0577. The minimum Gasteiger partial charge on any atom is -0.392 e. The molecule has 0 spiro atoms. The van der Waals surface area contributed by atoms with Crippen molar-refractivity contribution in [3.05, 3.63) is 106 Å². The van der Waals surface area contributed by atoms with Gasteiger partial charge in [-0.15, -0.1) is 0 Å². The van der Waals surface area contributed by atoms with Gasteiger partial charge in [0.15, 0.2) is 0 Å². The van der Waals surface area contributed by atoms with Crippen molar-refractivity contribution in [3.8, 4) is 0 Å². The first-order chi connectivity index (χ1) is 17.1. The molecule has 3 aromatic carbocycles. The predicted molar refractivity (Wildman–Crippen MR) is 129 cm³/mol. The molecule has 3 aromatic rings. The number of fused-ring (bicyclic) bond motifs is 1. The zero-order valence-electron chi connectivity index (χ0n) is 19.9. The molecule has 0 radical (unpaired) electrons. The number of aliphatic hydroxyl groups excluding tert-OH is 1. The number of hydrogen-bond acceptors (Lipinski definition) is 3. The fourth-order valence-electron chi connectivity index (χ4n) is 4.73. The van der Waals surface area contributed by atoms with Crippen LogP contribution in [-0.2, 0) is 24.1 Å². The van der Waals surface area contributed by atoms with Gasteiger partial charge in [0.2, 0.25) is 5.91 Å². The molecule has 1 aliphatic heterocycles. The standard InChI is InChI=1S/C28H27F3N2O3/c1-17(2)32-26(35)24-21-8-4-5-9-22(21)27(36)33(25(24)19-13-11-18(16-34)12-14-19)15-20-7-3-6-10-23(20)28(29,30)31/h3-14,17,24-25,34H,15-16H2,1-2H3,(H,32,35)/t24-,25+/m1/s1. The van der Waals surface area contributed by atoms with Crippen LogP contribution in [0.25, 0.3) is 0 Å². The lowest BCUT2D eigenvalue weighted by Crippen LogP contribution is -2.48. The van der Waals surface area contributed by atoms with E-state index in [1.54, 1.807) is 48.5 Å². The average Bonchev–Trinajstić information content (AvgIpc) is 2.85. The summed E-state index contributed by atoms with van der Waals surface area (Å²) < 4.78 is 41.4. The third-order valence-electron chi connectivity index (χ3n) is 6.32. The van der Waals surface area contributed by atoms with E-state index in [0.29, 0.717) is 16.7 Å². The Morgan fingerprint density at radius 2 is 1.64 bits per heavy atom. The van der Waals surface area contributed by atoms with Crippen molar-refractivity contribution in [2.45, 2.75) is 51.2 Å². The summed E-state index contributed by atoms with van der Waals surface area (Å²) in [7, 11) is 0. The first-order valence-corrected chi connectivity index (χ1v) is 11.7. The molecule has 5 nitrogen and oxygen atoms in total. The lowest BCUT2D eigenvalue weighted by Gasteiger charge is -2.42. The number of aliphatic hydroxyl groups is 1. The van der Waals surface area contributed by atoms with Crippen molar-refractivity contribution in [1.29, 1.82) is 0 Å². The van der Waals surface area contributed by atoms with E-state index in [1.165, 1.54) is 23.1 Å². The molecule has 0 aromatic heterocycles. The molecule has 8 heteroatoms. The highest BCUT2D eigenvalue weighted by molar-refractivity contribution is 6.01. The SMILES string of the molecule is CC(C)NC(=O)[C@@H]1c2ccccc2C(=O)N(Cc2ccccc2C(F)(F)F)[C@H]1c1ccc(CO)cc1. The van der Waals surface area contributed by atoms with Crippen LogP contribution in [0.2, 0.25) is 0 Å². The second-order valence-electron chi connectivity index (χ2n) is 9.16. The van der Waals surface area contributed by atoms with E-state index >= 15 is 0 Å². The summed E-state index contributed by atoms with van der Waals surface area (Å²) >= 11 is 0. The molecule has 188 valence electrons. The van der Waals surface area contributed by atoms with Gasteiger partial charge in [0.1, 0.15) is 0 Å². The van der Waals surface area contributed by atoms with Crippen LogP contribution in [0.1, 0.15) is 64.0 Å². The average molecular weight is 497 g/mol. The summed E-state index contributed by atoms with van der Waals surface area (Å²) in [5, 5.41) is 12.4. The van der Waals surface area contributed by atoms with Gasteiger partial charge in [0.25, 0.3) is 5.91 Å². The third-order valence-corrected chi connectivity index (χ3v) is 6.32. The van der Waals surface area contributed by atoms with Crippen LogP contribution >= 0.6 is 0 Å². The van der Waals surface area contributed by atoms with Crippen molar-refractivity contribution in [3.63, 3.8) is 0 Å². The van der Waals surface area contributed by atoms with Crippen LogP contribution in [0.3, 0.4) is 0 Å². The maximum Gasteiger partial charge on any atom is 0.416 e. The Balaban J connectivity index is 1.90. The zero-order chi connectivity index (χ0) is 26.0. The number of benzene rings is 3. The van der Waals surface area contributed by atoms with Gasteiger partial charge in [-0.05, 0) is 48.2 Å². The van der Waals surface area contributed by atoms with E-state index in [0.717, 1.165) is 6.07 Å². The van der Waals surface area contributed by atoms with E-state index in [2.05, 4.69) is 5.32 Å². The molecule has 0 unspecified atom stereocenters.